The number of fused-ring (bicyclic) bond motifs is 9. The molecule has 1 aliphatic carbocycles. The summed E-state index contributed by atoms with van der Waals surface area (Å²) in [5, 5.41) is 4.74. The van der Waals surface area contributed by atoms with Gasteiger partial charge in [0.25, 0.3) is 0 Å². The van der Waals surface area contributed by atoms with Gasteiger partial charge in [-0.3, -0.25) is 0 Å². The van der Waals surface area contributed by atoms with E-state index in [-0.39, 0.29) is 0 Å². The topological polar surface area (TPSA) is 21.3 Å². The van der Waals surface area contributed by atoms with E-state index in [2.05, 4.69) is 246 Å². The van der Waals surface area contributed by atoms with Crippen LogP contribution in [-0.4, -0.2) is 4.57 Å². The van der Waals surface area contributed by atoms with E-state index in [1.807, 2.05) is 6.07 Å². The first-order valence-electron chi connectivity index (χ1n) is 22.0. The lowest BCUT2D eigenvalue weighted by molar-refractivity contribution is 0.670. The maximum Gasteiger partial charge on any atom is 0.143 e. The van der Waals surface area contributed by atoms with Crippen LogP contribution in [0.5, 0.6) is 0 Å². The zero-order valence-electron chi connectivity index (χ0n) is 34.9. The monoisotopic (exact) mass is 816 g/mol. The molecular formula is C61H40N2O. The third kappa shape index (κ3) is 5.28. The minimum Gasteiger partial charge on any atom is -0.455 e. The lowest BCUT2D eigenvalue weighted by atomic mass is 9.68. The lowest BCUT2D eigenvalue weighted by Crippen LogP contribution is -2.28. The number of nitrogens with zero attached hydrogens (tertiary/aromatic N) is 2. The van der Waals surface area contributed by atoms with Crippen molar-refractivity contribution in [3.63, 3.8) is 0 Å². The maximum atomic E-state index is 6.61. The molecular weight excluding hydrogens is 777 g/mol. The molecule has 0 amide bonds. The summed E-state index contributed by atoms with van der Waals surface area (Å²) in [5.41, 5.74) is 17.6. The van der Waals surface area contributed by atoms with Gasteiger partial charge in [-0.1, -0.05) is 182 Å². The molecule has 2 heterocycles. The average Bonchev–Trinajstić information content (AvgIpc) is 4.02. The number of hydrogen-bond acceptors (Lipinski definition) is 2. The van der Waals surface area contributed by atoms with Gasteiger partial charge in [0.05, 0.1) is 22.1 Å². The van der Waals surface area contributed by atoms with Crippen LogP contribution in [0.2, 0.25) is 0 Å². The Hall–Kier alpha value is -8.40. The van der Waals surface area contributed by atoms with Gasteiger partial charge in [-0.2, -0.15) is 0 Å². The predicted octanol–water partition coefficient (Wildman–Crippen LogP) is 16.2. The van der Waals surface area contributed by atoms with Gasteiger partial charge in [0.15, 0.2) is 0 Å². The largest absolute Gasteiger partial charge is 0.455 e. The van der Waals surface area contributed by atoms with Gasteiger partial charge < -0.3 is 13.9 Å². The van der Waals surface area contributed by atoms with Crippen LogP contribution < -0.4 is 4.90 Å². The summed E-state index contributed by atoms with van der Waals surface area (Å²) in [4.78, 5) is 2.46. The molecule has 64 heavy (non-hydrogen) atoms. The van der Waals surface area contributed by atoms with E-state index in [0.717, 1.165) is 55.8 Å². The number of aromatic nitrogens is 1. The third-order valence-corrected chi connectivity index (χ3v) is 13.5. The van der Waals surface area contributed by atoms with E-state index < -0.39 is 5.41 Å². The Morgan fingerprint density at radius 1 is 0.391 bits per heavy atom. The molecule has 0 saturated carbocycles. The average molecular weight is 817 g/mol. The molecule has 0 atom stereocenters. The van der Waals surface area contributed by atoms with Gasteiger partial charge >= 0.3 is 0 Å². The van der Waals surface area contributed by atoms with Gasteiger partial charge in [-0.15, -0.1) is 0 Å². The Bertz CT molecular complexity index is 3640. The summed E-state index contributed by atoms with van der Waals surface area (Å²) in [6.45, 7) is 0. The molecule has 0 bridgehead atoms. The minimum atomic E-state index is -0.532. The normalized spacial score (nSPS) is 12.8. The van der Waals surface area contributed by atoms with Gasteiger partial charge in [0, 0.05) is 49.7 Å². The highest BCUT2D eigenvalue weighted by molar-refractivity contribution is 6.11. The second-order valence-corrected chi connectivity index (χ2v) is 16.8. The second kappa shape index (κ2) is 14.3. The third-order valence-electron chi connectivity index (χ3n) is 13.5. The Kier molecular flexibility index (Phi) is 8.13. The molecule has 13 rings (SSSR count). The van der Waals surface area contributed by atoms with Crippen molar-refractivity contribution < 1.29 is 4.42 Å². The molecule has 0 radical (unpaired) electrons. The summed E-state index contributed by atoms with van der Waals surface area (Å²) >= 11 is 0. The molecule has 0 fully saturated rings. The van der Waals surface area contributed by atoms with Gasteiger partial charge in [-0.05, 0) is 94.0 Å². The molecule has 0 aliphatic heterocycles. The van der Waals surface area contributed by atoms with E-state index in [0.29, 0.717) is 0 Å². The van der Waals surface area contributed by atoms with Crippen molar-refractivity contribution in [2.24, 2.45) is 0 Å². The van der Waals surface area contributed by atoms with Gasteiger partial charge in [0.2, 0.25) is 0 Å². The molecule has 0 saturated heterocycles. The standard InChI is InChI=1S/C61H40N2O/c1-3-19-42(20-4-1)61(43-21-5-2-6-22-43)53-30-11-7-27-52(53)59-54(61)31-17-34-57(59)62(44-36-38-45(39-37-44)63-55-32-12-8-24-48(55)49-25-9-13-33-56(49)63)46-23-15-18-41(40-46)47-28-16-29-51-50-26-10-14-35-58(50)64-60(47)51/h1-40H. The molecule has 0 N–H and O–H groups in total. The molecule has 1 aliphatic rings. The highest BCUT2D eigenvalue weighted by Gasteiger charge is 2.47. The molecule has 3 heteroatoms. The Balaban J connectivity index is 1.06. The lowest BCUT2D eigenvalue weighted by Gasteiger charge is -2.34. The van der Waals surface area contributed by atoms with Gasteiger partial charge in [0.1, 0.15) is 11.2 Å². The number of rotatable bonds is 7. The highest BCUT2D eigenvalue weighted by atomic mass is 16.3. The molecule has 300 valence electrons. The minimum absolute atomic E-state index is 0.532. The van der Waals surface area contributed by atoms with Crippen molar-refractivity contribution >= 4 is 60.8 Å². The molecule has 10 aromatic carbocycles. The maximum absolute atomic E-state index is 6.61. The van der Waals surface area contributed by atoms with E-state index >= 15 is 0 Å². The zero-order chi connectivity index (χ0) is 42.2. The van der Waals surface area contributed by atoms with Crippen LogP contribution in [0.4, 0.5) is 17.1 Å². The van der Waals surface area contributed by atoms with Crippen LogP contribution in [0, 0.1) is 0 Å². The van der Waals surface area contributed by atoms with Crippen LogP contribution in [0.1, 0.15) is 22.3 Å². The molecule has 12 aromatic rings. The van der Waals surface area contributed by atoms with Crippen LogP contribution in [0.3, 0.4) is 0 Å². The van der Waals surface area contributed by atoms with Crippen LogP contribution in [0.25, 0.3) is 71.7 Å². The molecule has 0 spiro atoms. The Morgan fingerprint density at radius 2 is 0.953 bits per heavy atom. The van der Waals surface area contributed by atoms with Gasteiger partial charge in [-0.25, -0.2) is 0 Å². The van der Waals surface area contributed by atoms with E-state index in [1.54, 1.807) is 0 Å². The summed E-state index contributed by atoms with van der Waals surface area (Å²) in [7, 11) is 0. The first-order chi connectivity index (χ1) is 31.8. The highest BCUT2D eigenvalue weighted by Crippen LogP contribution is 2.59. The number of hydrogen-bond donors (Lipinski definition) is 0. The summed E-state index contributed by atoms with van der Waals surface area (Å²) in [6.07, 6.45) is 0. The van der Waals surface area contributed by atoms with Crippen molar-refractivity contribution in [2.75, 3.05) is 4.90 Å². The fourth-order valence-electron chi connectivity index (χ4n) is 10.8. The Labute approximate surface area is 371 Å². The van der Waals surface area contributed by atoms with Crippen LogP contribution in [0.15, 0.2) is 247 Å². The molecule has 3 nitrogen and oxygen atoms in total. The van der Waals surface area contributed by atoms with Crippen molar-refractivity contribution in [3.05, 3.63) is 265 Å². The predicted molar refractivity (Wildman–Crippen MR) is 265 cm³/mol. The van der Waals surface area contributed by atoms with E-state index in [4.69, 9.17) is 4.42 Å². The van der Waals surface area contributed by atoms with E-state index in [9.17, 15) is 0 Å². The van der Waals surface area contributed by atoms with Crippen molar-refractivity contribution in [3.8, 4) is 27.9 Å². The number of furan rings is 1. The number of benzene rings is 10. The van der Waals surface area contributed by atoms with Crippen molar-refractivity contribution in [1.29, 1.82) is 0 Å². The molecule has 0 unspecified atom stereocenters. The summed E-state index contributed by atoms with van der Waals surface area (Å²) < 4.78 is 8.99. The zero-order valence-corrected chi connectivity index (χ0v) is 34.9. The van der Waals surface area contributed by atoms with E-state index in [1.165, 1.54) is 55.2 Å². The fourth-order valence-corrected chi connectivity index (χ4v) is 10.8. The molecule has 2 aromatic heterocycles. The van der Waals surface area contributed by atoms with Crippen LogP contribution in [-0.2, 0) is 5.41 Å². The Morgan fingerprint density at radius 3 is 1.69 bits per heavy atom. The van der Waals surface area contributed by atoms with Crippen LogP contribution >= 0.6 is 0 Å². The van der Waals surface area contributed by atoms with Crippen molar-refractivity contribution in [1.82, 2.24) is 4.57 Å². The quantitative estimate of drug-likeness (QED) is 0.160. The number of para-hydroxylation sites is 4. The SMILES string of the molecule is c1ccc(C2(c3ccccc3)c3ccccc3-c3c(N(c4ccc(-n5c6ccccc6c6ccccc65)cc4)c4cccc(-c5cccc6c5oc5ccccc56)c4)cccc32)cc1. The smallest absolute Gasteiger partial charge is 0.143 e. The second-order valence-electron chi connectivity index (χ2n) is 16.8. The first kappa shape index (κ1) is 36.3. The summed E-state index contributed by atoms with van der Waals surface area (Å²) in [5.74, 6) is 0. The number of anilines is 3. The fraction of sp³-hybridized carbons (Fsp3) is 0.0164. The first-order valence-corrected chi connectivity index (χ1v) is 22.0. The summed E-state index contributed by atoms with van der Waals surface area (Å²) in [6, 6.07) is 88.3. The van der Waals surface area contributed by atoms with Crippen molar-refractivity contribution in [2.45, 2.75) is 5.41 Å².